The van der Waals surface area contributed by atoms with Crippen molar-refractivity contribution in [2.24, 2.45) is 5.41 Å². The summed E-state index contributed by atoms with van der Waals surface area (Å²) >= 11 is 0. The molecule has 2 aromatic carbocycles. The Labute approximate surface area is 269 Å². The Kier molecular flexibility index (Phi) is 12.5. The van der Waals surface area contributed by atoms with E-state index in [1.165, 1.54) is 12.5 Å². The fourth-order valence-electron chi connectivity index (χ4n) is 4.85. The Bertz CT molecular complexity index is 1420. The van der Waals surface area contributed by atoms with Gasteiger partial charge in [0.15, 0.2) is 0 Å². The number of aryl methyl sites for hydroxylation is 2. The van der Waals surface area contributed by atoms with Crippen LogP contribution in [0, 0.1) is 5.41 Å². The van der Waals surface area contributed by atoms with Crippen LogP contribution in [0.25, 0.3) is 22.5 Å². The maximum atomic E-state index is 12.8. The lowest BCUT2D eigenvalue weighted by molar-refractivity contribution is -0.119. The molecule has 0 radical (unpaired) electrons. The molecule has 9 nitrogen and oxygen atoms in total. The summed E-state index contributed by atoms with van der Waals surface area (Å²) in [6.45, 7) is 20.6. The van der Waals surface area contributed by atoms with E-state index in [4.69, 9.17) is 14.6 Å². The fraction of sp³-hybridized carbons (Fsp3) is 0.556. The van der Waals surface area contributed by atoms with Crippen LogP contribution in [0.3, 0.4) is 0 Å². The molecule has 0 unspecified atom stereocenters. The van der Waals surface area contributed by atoms with Crippen molar-refractivity contribution in [3.8, 4) is 22.5 Å². The number of nitrogens with zero attached hydrogens (tertiary/aromatic N) is 3. The molecule has 3 rings (SSSR count). The van der Waals surface area contributed by atoms with Crippen molar-refractivity contribution in [2.45, 2.75) is 106 Å². The Morgan fingerprint density at radius 3 is 2.18 bits per heavy atom. The maximum absolute atomic E-state index is 12.8. The van der Waals surface area contributed by atoms with E-state index >= 15 is 0 Å². The summed E-state index contributed by atoms with van der Waals surface area (Å²) in [5.41, 5.74) is 4.69. The van der Waals surface area contributed by atoms with Gasteiger partial charge in [0.1, 0.15) is 5.69 Å². The van der Waals surface area contributed by atoms with E-state index in [1.807, 2.05) is 41.1 Å². The van der Waals surface area contributed by atoms with Gasteiger partial charge >= 0.3 is 0 Å². The van der Waals surface area contributed by atoms with Crippen molar-refractivity contribution < 1.29 is 19.1 Å². The molecular weight excluding hydrogens is 566 g/mol. The van der Waals surface area contributed by atoms with Gasteiger partial charge in [0.05, 0.1) is 35.8 Å². The van der Waals surface area contributed by atoms with Gasteiger partial charge in [0.2, 0.25) is 11.8 Å². The lowest BCUT2D eigenvalue weighted by Crippen LogP contribution is -2.33. The first kappa shape index (κ1) is 35.9. The monoisotopic (exact) mass is 619 g/mol. The molecule has 2 amide bonds. The minimum absolute atomic E-state index is 0.109. The number of carbonyl (C=O) groups is 2. The Balaban J connectivity index is 1.86. The number of rotatable bonds is 16. The molecule has 0 atom stereocenters. The second kappa shape index (κ2) is 15.6. The number of benzene rings is 2. The zero-order chi connectivity index (χ0) is 33.3. The number of amides is 2. The zero-order valence-corrected chi connectivity index (χ0v) is 28.8. The summed E-state index contributed by atoms with van der Waals surface area (Å²) in [6, 6.07) is 15.9. The number of para-hydroxylation sites is 1. The van der Waals surface area contributed by atoms with Crippen molar-refractivity contribution in [1.29, 1.82) is 0 Å². The number of anilines is 1. The molecule has 1 aromatic heterocycles. The largest absolute Gasteiger partial charge is 0.375 e. The molecule has 0 bridgehead atoms. The molecule has 9 heteroatoms. The van der Waals surface area contributed by atoms with Gasteiger partial charge in [-0.1, -0.05) is 75.4 Å². The highest BCUT2D eigenvalue weighted by atomic mass is 16.5. The highest BCUT2D eigenvalue weighted by Crippen LogP contribution is 2.37. The molecular formula is C36H53N5O4. The van der Waals surface area contributed by atoms with Gasteiger partial charge in [-0.15, -0.1) is 5.10 Å². The highest BCUT2D eigenvalue weighted by molar-refractivity contribution is 5.97. The van der Waals surface area contributed by atoms with E-state index < -0.39 is 5.60 Å². The smallest absolute Gasteiger partial charge is 0.226 e. The second-order valence-corrected chi connectivity index (χ2v) is 14.1. The van der Waals surface area contributed by atoms with E-state index in [-0.39, 0.29) is 35.8 Å². The summed E-state index contributed by atoms with van der Waals surface area (Å²) in [7, 11) is 0. The topological polar surface area (TPSA) is 107 Å². The normalized spacial score (nSPS) is 12.3. The van der Waals surface area contributed by atoms with Crippen LogP contribution in [-0.2, 0) is 32.0 Å². The number of aromatic nitrogens is 3. The van der Waals surface area contributed by atoms with Gasteiger partial charge in [0.25, 0.3) is 0 Å². The molecule has 246 valence electrons. The molecule has 0 saturated carbocycles. The second-order valence-electron chi connectivity index (χ2n) is 14.1. The van der Waals surface area contributed by atoms with E-state index in [9.17, 15) is 9.59 Å². The van der Waals surface area contributed by atoms with E-state index in [0.717, 1.165) is 35.4 Å². The minimum atomic E-state index is -0.414. The molecule has 2 N–H and O–H groups in total. The van der Waals surface area contributed by atoms with Gasteiger partial charge < -0.3 is 20.1 Å². The first-order valence-corrected chi connectivity index (χ1v) is 16.0. The standard InChI is InChI=1S/C36H53N5O4/c1-10-27-15-11-12-16-28(27)32-33(29-17-13-14-18-30(29)38-31(43)19-22-37-26(2)42)41(40-39-32)23-20-35(6,7)44-24-21-36(8,9)45-25-34(3,4)5/h11-18H,10,19-25H2,1-9H3,(H,37,42)(H,38,43). The summed E-state index contributed by atoms with van der Waals surface area (Å²) in [6.07, 6.45) is 2.50. The van der Waals surface area contributed by atoms with Crippen LogP contribution in [0.2, 0.25) is 0 Å². The molecule has 45 heavy (non-hydrogen) atoms. The van der Waals surface area contributed by atoms with Crippen LogP contribution in [-0.4, -0.2) is 57.8 Å². The van der Waals surface area contributed by atoms with Crippen LogP contribution in [0.5, 0.6) is 0 Å². The van der Waals surface area contributed by atoms with Gasteiger partial charge in [-0.05, 0) is 64.0 Å². The maximum Gasteiger partial charge on any atom is 0.226 e. The number of hydrogen-bond donors (Lipinski definition) is 2. The summed E-state index contributed by atoms with van der Waals surface area (Å²) in [5, 5.41) is 15.1. The third-order valence-electron chi connectivity index (χ3n) is 7.59. The lowest BCUT2D eigenvalue weighted by Gasteiger charge is -2.32. The predicted molar refractivity (Wildman–Crippen MR) is 181 cm³/mol. The van der Waals surface area contributed by atoms with Crippen LogP contribution < -0.4 is 10.6 Å². The molecule has 0 aliphatic carbocycles. The number of ether oxygens (including phenoxy) is 2. The van der Waals surface area contributed by atoms with Crippen molar-refractivity contribution in [3.05, 3.63) is 54.1 Å². The molecule has 0 aliphatic rings. The average Bonchev–Trinajstić information content (AvgIpc) is 3.38. The first-order valence-electron chi connectivity index (χ1n) is 16.0. The van der Waals surface area contributed by atoms with Crippen LogP contribution in [0.15, 0.2) is 48.5 Å². The SMILES string of the molecule is CCc1ccccc1-c1nnn(CCC(C)(C)OCCC(C)(C)OCC(C)(C)C)c1-c1ccccc1NC(=O)CCNC(C)=O. The van der Waals surface area contributed by atoms with E-state index in [2.05, 4.69) is 83.4 Å². The van der Waals surface area contributed by atoms with Crippen molar-refractivity contribution in [1.82, 2.24) is 20.3 Å². The van der Waals surface area contributed by atoms with Gasteiger partial charge in [0, 0.05) is 37.6 Å². The summed E-state index contributed by atoms with van der Waals surface area (Å²) in [4.78, 5) is 24.1. The highest BCUT2D eigenvalue weighted by Gasteiger charge is 2.27. The van der Waals surface area contributed by atoms with E-state index in [0.29, 0.717) is 31.9 Å². The third-order valence-corrected chi connectivity index (χ3v) is 7.59. The quantitative estimate of drug-likeness (QED) is 0.178. The minimum Gasteiger partial charge on any atom is -0.375 e. The van der Waals surface area contributed by atoms with Gasteiger partial charge in [-0.2, -0.15) is 0 Å². The molecule has 0 saturated heterocycles. The van der Waals surface area contributed by atoms with Crippen LogP contribution in [0.1, 0.15) is 87.1 Å². The summed E-state index contributed by atoms with van der Waals surface area (Å²) < 4.78 is 14.5. The predicted octanol–water partition coefficient (Wildman–Crippen LogP) is 7.06. The van der Waals surface area contributed by atoms with Crippen LogP contribution >= 0.6 is 0 Å². The van der Waals surface area contributed by atoms with Gasteiger partial charge in [-0.3, -0.25) is 9.59 Å². The molecule has 0 fully saturated rings. The van der Waals surface area contributed by atoms with E-state index in [1.54, 1.807) is 0 Å². The average molecular weight is 620 g/mol. The zero-order valence-electron chi connectivity index (χ0n) is 28.8. The molecule has 1 heterocycles. The van der Waals surface area contributed by atoms with Gasteiger partial charge in [-0.25, -0.2) is 4.68 Å². The molecule has 0 aliphatic heterocycles. The number of nitrogens with one attached hydrogen (secondary N) is 2. The molecule has 0 spiro atoms. The third kappa shape index (κ3) is 11.4. The van der Waals surface area contributed by atoms with Crippen molar-refractivity contribution >= 4 is 17.5 Å². The fourth-order valence-corrected chi connectivity index (χ4v) is 4.85. The Morgan fingerprint density at radius 2 is 1.51 bits per heavy atom. The first-order chi connectivity index (χ1) is 21.1. The summed E-state index contributed by atoms with van der Waals surface area (Å²) in [5.74, 6) is -0.350. The Morgan fingerprint density at radius 1 is 0.867 bits per heavy atom. The number of hydrogen-bond acceptors (Lipinski definition) is 6. The lowest BCUT2D eigenvalue weighted by atomic mass is 9.97. The van der Waals surface area contributed by atoms with Crippen LogP contribution in [0.4, 0.5) is 5.69 Å². The number of carbonyl (C=O) groups excluding carboxylic acids is 2. The van der Waals surface area contributed by atoms with Crippen molar-refractivity contribution in [2.75, 3.05) is 25.1 Å². The Hall–Kier alpha value is -3.56. The molecule has 3 aromatic rings. The van der Waals surface area contributed by atoms with Crippen molar-refractivity contribution in [3.63, 3.8) is 0 Å².